The van der Waals surface area contributed by atoms with Gasteiger partial charge in [0.05, 0.1) is 11.1 Å². The van der Waals surface area contributed by atoms with Gasteiger partial charge in [-0.3, -0.25) is 0 Å². The largest absolute Gasteiger partial charge is 0.383 e. The van der Waals surface area contributed by atoms with Crippen LogP contribution in [0.4, 0.5) is 4.39 Å². The molecule has 0 aliphatic heterocycles. The van der Waals surface area contributed by atoms with Crippen molar-refractivity contribution >= 4 is 15.9 Å². The number of nitrogens with one attached hydrogen (secondary N) is 1. The molecule has 1 atom stereocenters. The molecular formula is C14H17BrFN3O2. The molecule has 1 aromatic carbocycles. The van der Waals surface area contributed by atoms with Crippen LogP contribution in [-0.2, 0) is 11.2 Å². The Kier molecular flexibility index (Phi) is 5.84. The van der Waals surface area contributed by atoms with Gasteiger partial charge in [-0.2, -0.15) is 4.98 Å². The highest BCUT2D eigenvalue weighted by molar-refractivity contribution is 9.10. The molecule has 5 nitrogen and oxygen atoms in total. The fourth-order valence-electron chi connectivity index (χ4n) is 1.98. The Labute approximate surface area is 131 Å². The van der Waals surface area contributed by atoms with Crippen molar-refractivity contribution in [2.75, 3.05) is 20.3 Å². The molecule has 1 N–H and O–H groups in total. The van der Waals surface area contributed by atoms with Crippen molar-refractivity contribution in [2.45, 2.75) is 19.4 Å². The standard InChI is InChI=1S/C14H17BrFN3O2/c1-3-17-10(8-20-2)7-13-18-14(19-21-13)9-4-5-12(16)11(15)6-9/h4-6,10,17H,3,7-8H2,1-2H3. The number of aromatic nitrogens is 2. The number of benzene rings is 1. The van der Waals surface area contributed by atoms with E-state index in [0.29, 0.717) is 34.8 Å². The number of hydrogen-bond acceptors (Lipinski definition) is 5. The molecule has 2 rings (SSSR count). The van der Waals surface area contributed by atoms with Gasteiger partial charge in [-0.1, -0.05) is 12.1 Å². The number of rotatable bonds is 7. The summed E-state index contributed by atoms with van der Waals surface area (Å²) in [4.78, 5) is 4.34. The second-order valence-corrected chi connectivity index (χ2v) is 5.41. The van der Waals surface area contributed by atoms with Crippen LogP contribution in [0.5, 0.6) is 0 Å². The first kappa shape index (κ1) is 16.1. The molecule has 0 amide bonds. The van der Waals surface area contributed by atoms with Crippen molar-refractivity contribution in [1.82, 2.24) is 15.5 Å². The normalized spacial score (nSPS) is 12.6. The topological polar surface area (TPSA) is 60.2 Å². The van der Waals surface area contributed by atoms with Gasteiger partial charge in [0.1, 0.15) is 5.82 Å². The lowest BCUT2D eigenvalue weighted by Gasteiger charge is -2.14. The van der Waals surface area contributed by atoms with Crippen LogP contribution in [0.2, 0.25) is 0 Å². The number of nitrogens with zero attached hydrogens (tertiary/aromatic N) is 2. The molecular weight excluding hydrogens is 341 g/mol. The minimum absolute atomic E-state index is 0.119. The van der Waals surface area contributed by atoms with Gasteiger partial charge >= 0.3 is 0 Å². The predicted octanol–water partition coefficient (Wildman–Crippen LogP) is 2.81. The van der Waals surface area contributed by atoms with E-state index in [2.05, 4.69) is 31.4 Å². The fraction of sp³-hybridized carbons (Fsp3) is 0.429. The summed E-state index contributed by atoms with van der Waals surface area (Å²) in [6.45, 7) is 3.42. The lowest BCUT2D eigenvalue weighted by Crippen LogP contribution is -2.35. The maximum absolute atomic E-state index is 13.2. The summed E-state index contributed by atoms with van der Waals surface area (Å²) in [6, 6.07) is 4.72. The van der Waals surface area contributed by atoms with Crippen LogP contribution in [0, 0.1) is 5.82 Å². The van der Waals surface area contributed by atoms with E-state index < -0.39 is 0 Å². The van der Waals surface area contributed by atoms with Crippen molar-refractivity contribution in [3.63, 3.8) is 0 Å². The summed E-state index contributed by atoms with van der Waals surface area (Å²) < 4.78 is 24.0. The van der Waals surface area contributed by atoms with Crippen LogP contribution in [-0.4, -0.2) is 36.4 Å². The molecule has 21 heavy (non-hydrogen) atoms. The monoisotopic (exact) mass is 357 g/mol. The van der Waals surface area contributed by atoms with Crippen LogP contribution in [0.25, 0.3) is 11.4 Å². The van der Waals surface area contributed by atoms with Crippen LogP contribution in [0.15, 0.2) is 27.2 Å². The quantitative estimate of drug-likeness (QED) is 0.825. The first-order valence-corrected chi connectivity index (χ1v) is 7.43. The zero-order valence-corrected chi connectivity index (χ0v) is 13.5. The van der Waals surface area contributed by atoms with Crippen molar-refractivity contribution in [3.05, 3.63) is 34.4 Å². The Morgan fingerprint density at radius 2 is 2.29 bits per heavy atom. The lowest BCUT2D eigenvalue weighted by molar-refractivity contribution is 0.162. The Morgan fingerprint density at radius 1 is 1.48 bits per heavy atom. The number of hydrogen-bond donors (Lipinski definition) is 1. The summed E-state index contributed by atoms with van der Waals surface area (Å²) in [5.41, 5.74) is 0.699. The van der Waals surface area contributed by atoms with Crippen molar-refractivity contribution in [3.8, 4) is 11.4 Å². The van der Waals surface area contributed by atoms with E-state index in [4.69, 9.17) is 9.26 Å². The van der Waals surface area contributed by atoms with Crippen LogP contribution < -0.4 is 5.32 Å². The summed E-state index contributed by atoms with van der Waals surface area (Å²) in [6.07, 6.45) is 0.580. The SMILES string of the molecule is CCNC(COC)Cc1nc(-c2ccc(F)c(Br)c2)no1. The molecule has 0 bridgehead atoms. The number of likely N-dealkylation sites (N-methyl/N-ethyl adjacent to an activating group) is 1. The number of ether oxygens (including phenoxy) is 1. The summed E-state index contributed by atoms with van der Waals surface area (Å²) in [5, 5.41) is 7.22. The molecule has 1 unspecified atom stereocenters. The van der Waals surface area contributed by atoms with Gasteiger partial charge in [-0.05, 0) is 40.7 Å². The number of halogens is 2. The fourth-order valence-corrected chi connectivity index (χ4v) is 2.36. The third-order valence-electron chi connectivity index (χ3n) is 2.93. The minimum atomic E-state index is -0.324. The third-order valence-corrected chi connectivity index (χ3v) is 3.54. The maximum Gasteiger partial charge on any atom is 0.228 e. The first-order valence-electron chi connectivity index (χ1n) is 6.64. The van der Waals surface area contributed by atoms with E-state index in [9.17, 15) is 4.39 Å². The highest BCUT2D eigenvalue weighted by Gasteiger charge is 2.15. The molecule has 0 saturated carbocycles. The minimum Gasteiger partial charge on any atom is -0.383 e. The number of methoxy groups -OCH3 is 1. The van der Waals surface area contributed by atoms with Gasteiger partial charge in [0, 0.05) is 25.1 Å². The van der Waals surface area contributed by atoms with Crippen molar-refractivity contribution in [1.29, 1.82) is 0 Å². The Balaban J connectivity index is 2.11. The Bertz CT molecular complexity index is 585. The van der Waals surface area contributed by atoms with Crippen LogP contribution in [0.1, 0.15) is 12.8 Å². The molecule has 0 aliphatic carbocycles. The zero-order valence-electron chi connectivity index (χ0n) is 11.9. The molecule has 0 aliphatic rings. The summed E-state index contributed by atoms with van der Waals surface area (Å²) >= 11 is 3.14. The molecule has 114 valence electrons. The molecule has 0 fully saturated rings. The molecule has 0 spiro atoms. The molecule has 1 heterocycles. The van der Waals surface area contributed by atoms with E-state index in [0.717, 1.165) is 6.54 Å². The van der Waals surface area contributed by atoms with Crippen molar-refractivity contribution < 1.29 is 13.7 Å². The second-order valence-electron chi connectivity index (χ2n) is 4.55. The predicted molar refractivity (Wildman–Crippen MR) is 80.4 cm³/mol. The van der Waals surface area contributed by atoms with Gasteiger partial charge < -0.3 is 14.6 Å². The van der Waals surface area contributed by atoms with Gasteiger partial charge in [0.15, 0.2) is 0 Å². The van der Waals surface area contributed by atoms with Gasteiger partial charge in [0.2, 0.25) is 11.7 Å². The maximum atomic E-state index is 13.2. The van der Waals surface area contributed by atoms with Crippen LogP contribution in [0.3, 0.4) is 0 Å². The zero-order chi connectivity index (χ0) is 15.2. The highest BCUT2D eigenvalue weighted by Crippen LogP contribution is 2.23. The Hall–Kier alpha value is -1.31. The Morgan fingerprint density at radius 3 is 2.95 bits per heavy atom. The van der Waals surface area contributed by atoms with E-state index in [1.54, 1.807) is 19.2 Å². The first-order chi connectivity index (χ1) is 10.1. The lowest BCUT2D eigenvalue weighted by atomic mass is 10.2. The van der Waals surface area contributed by atoms with E-state index in [-0.39, 0.29) is 11.9 Å². The average molecular weight is 358 g/mol. The average Bonchev–Trinajstić information content (AvgIpc) is 2.91. The third kappa shape index (κ3) is 4.33. The van der Waals surface area contributed by atoms with E-state index >= 15 is 0 Å². The molecule has 7 heteroatoms. The summed E-state index contributed by atoms with van der Waals surface area (Å²) in [7, 11) is 1.65. The molecule has 0 radical (unpaired) electrons. The van der Waals surface area contributed by atoms with Crippen LogP contribution >= 0.6 is 15.9 Å². The van der Waals surface area contributed by atoms with Gasteiger partial charge in [-0.25, -0.2) is 4.39 Å². The van der Waals surface area contributed by atoms with E-state index in [1.165, 1.54) is 6.07 Å². The smallest absolute Gasteiger partial charge is 0.228 e. The second kappa shape index (κ2) is 7.63. The molecule has 0 saturated heterocycles. The molecule has 2 aromatic rings. The van der Waals surface area contributed by atoms with E-state index in [1.807, 2.05) is 6.92 Å². The van der Waals surface area contributed by atoms with Gasteiger partial charge in [-0.15, -0.1) is 0 Å². The highest BCUT2D eigenvalue weighted by atomic mass is 79.9. The molecule has 1 aromatic heterocycles. The van der Waals surface area contributed by atoms with Gasteiger partial charge in [0.25, 0.3) is 0 Å². The van der Waals surface area contributed by atoms with Crippen molar-refractivity contribution in [2.24, 2.45) is 0 Å². The summed E-state index contributed by atoms with van der Waals surface area (Å²) in [5.74, 6) is 0.640.